The predicted molar refractivity (Wildman–Crippen MR) is 98.3 cm³/mol. The van der Waals surface area contributed by atoms with E-state index in [1.165, 1.54) is 0 Å². The second-order valence-corrected chi connectivity index (χ2v) is 6.11. The molecule has 140 valence electrons. The number of unbranched alkanes of at least 4 members (excludes halogenated alkanes) is 1. The topological polar surface area (TPSA) is 83.2 Å². The van der Waals surface area contributed by atoms with Gasteiger partial charge in [-0.3, -0.25) is 4.99 Å². The van der Waals surface area contributed by atoms with Gasteiger partial charge in [-0.2, -0.15) is 0 Å². The molecule has 1 aliphatic rings. The lowest BCUT2D eigenvalue weighted by Crippen LogP contribution is -2.48. The van der Waals surface area contributed by atoms with Crippen molar-refractivity contribution >= 4 is 12.1 Å². The summed E-state index contributed by atoms with van der Waals surface area (Å²) in [7, 11) is 0. The van der Waals surface area contributed by atoms with Crippen LogP contribution in [-0.2, 0) is 4.74 Å². The summed E-state index contributed by atoms with van der Waals surface area (Å²) in [5.74, 6) is 0.521. The molecule has 0 radical (unpaired) electrons. The molecule has 0 aromatic rings. The first-order valence-electron chi connectivity index (χ1n) is 9.31. The van der Waals surface area contributed by atoms with Gasteiger partial charge >= 0.3 is 6.09 Å². The largest absolute Gasteiger partial charge is 0.450 e. The van der Waals surface area contributed by atoms with E-state index in [1.54, 1.807) is 4.90 Å². The molecule has 7 nitrogen and oxygen atoms in total. The normalized spacial score (nSPS) is 16.5. The molecular formula is C17H35N5O2. The van der Waals surface area contributed by atoms with Crippen molar-refractivity contribution in [2.45, 2.75) is 52.5 Å². The van der Waals surface area contributed by atoms with Crippen LogP contribution >= 0.6 is 0 Å². The van der Waals surface area contributed by atoms with Crippen LogP contribution in [0, 0.1) is 0 Å². The third kappa shape index (κ3) is 7.86. The third-order valence-corrected chi connectivity index (χ3v) is 4.43. The minimum Gasteiger partial charge on any atom is -0.450 e. The van der Waals surface area contributed by atoms with E-state index in [0.29, 0.717) is 25.7 Å². The fraction of sp³-hybridized carbons (Fsp3) is 0.882. The van der Waals surface area contributed by atoms with Crippen molar-refractivity contribution in [3.05, 3.63) is 0 Å². The molecule has 0 spiro atoms. The average molecular weight is 342 g/mol. The number of amides is 1. The Labute approximate surface area is 146 Å². The van der Waals surface area contributed by atoms with Crippen LogP contribution in [0.2, 0.25) is 0 Å². The van der Waals surface area contributed by atoms with Gasteiger partial charge in [-0.05, 0) is 52.2 Å². The van der Waals surface area contributed by atoms with E-state index < -0.39 is 0 Å². The van der Waals surface area contributed by atoms with Crippen molar-refractivity contribution in [3.8, 4) is 0 Å². The van der Waals surface area contributed by atoms with Crippen LogP contribution in [0.3, 0.4) is 0 Å². The van der Waals surface area contributed by atoms with Crippen molar-refractivity contribution in [1.29, 1.82) is 0 Å². The molecule has 1 rings (SSSR count). The Morgan fingerprint density at radius 3 is 2.50 bits per heavy atom. The summed E-state index contributed by atoms with van der Waals surface area (Å²) in [6.45, 7) is 12.1. The van der Waals surface area contributed by atoms with Gasteiger partial charge in [0.25, 0.3) is 0 Å². The highest BCUT2D eigenvalue weighted by Gasteiger charge is 2.23. The molecule has 7 heteroatoms. The molecule has 3 N–H and O–H groups in total. The van der Waals surface area contributed by atoms with Crippen molar-refractivity contribution < 1.29 is 9.53 Å². The summed E-state index contributed by atoms with van der Waals surface area (Å²) in [5.41, 5.74) is 5.96. The maximum atomic E-state index is 11.7. The summed E-state index contributed by atoms with van der Waals surface area (Å²) >= 11 is 0. The molecule has 24 heavy (non-hydrogen) atoms. The van der Waals surface area contributed by atoms with Crippen LogP contribution in [-0.4, -0.2) is 73.8 Å². The number of carbonyl (C=O) groups excluding carboxylic acids is 1. The molecule has 0 atom stereocenters. The number of nitrogens with two attached hydrogens (primary N) is 1. The zero-order valence-corrected chi connectivity index (χ0v) is 15.6. The summed E-state index contributed by atoms with van der Waals surface area (Å²) in [6.07, 6.45) is 3.73. The number of nitrogens with zero attached hydrogens (tertiary/aromatic N) is 3. The second kappa shape index (κ2) is 11.9. The first-order valence-corrected chi connectivity index (χ1v) is 9.31. The number of carbonyl (C=O) groups is 1. The summed E-state index contributed by atoms with van der Waals surface area (Å²) < 4.78 is 5.02. The fourth-order valence-electron chi connectivity index (χ4n) is 2.86. The molecule has 0 aliphatic carbocycles. The van der Waals surface area contributed by atoms with Crippen LogP contribution in [0.25, 0.3) is 0 Å². The smallest absolute Gasteiger partial charge is 0.409 e. The highest BCUT2D eigenvalue weighted by Crippen LogP contribution is 2.11. The van der Waals surface area contributed by atoms with Gasteiger partial charge < -0.3 is 25.6 Å². The monoisotopic (exact) mass is 341 g/mol. The van der Waals surface area contributed by atoms with Gasteiger partial charge in [-0.1, -0.05) is 13.8 Å². The summed E-state index contributed by atoms with van der Waals surface area (Å²) in [5, 5.41) is 3.27. The van der Waals surface area contributed by atoms with Crippen molar-refractivity contribution in [3.63, 3.8) is 0 Å². The molecule has 0 unspecified atom stereocenters. The van der Waals surface area contributed by atoms with Crippen LogP contribution in [0.15, 0.2) is 4.99 Å². The number of likely N-dealkylation sites (tertiary alicyclic amines) is 1. The van der Waals surface area contributed by atoms with E-state index in [2.05, 4.69) is 29.1 Å². The Kier molecular flexibility index (Phi) is 10.2. The molecule has 1 amide bonds. The maximum Gasteiger partial charge on any atom is 0.409 e. The lowest BCUT2D eigenvalue weighted by Gasteiger charge is -2.31. The lowest BCUT2D eigenvalue weighted by molar-refractivity contribution is 0.0963. The molecule has 1 aliphatic heterocycles. The minimum atomic E-state index is -0.217. The number of nitrogens with one attached hydrogen (secondary N) is 1. The molecule has 0 aromatic heterocycles. The number of rotatable bonds is 9. The highest BCUT2D eigenvalue weighted by molar-refractivity contribution is 5.78. The second-order valence-electron chi connectivity index (χ2n) is 6.11. The van der Waals surface area contributed by atoms with Gasteiger partial charge in [0.1, 0.15) is 0 Å². The zero-order chi connectivity index (χ0) is 17.8. The molecular weight excluding hydrogens is 306 g/mol. The first-order chi connectivity index (χ1) is 11.6. The van der Waals surface area contributed by atoms with Crippen LogP contribution in [0.1, 0.15) is 46.5 Å². The third-order valence-electron chi connectivity index (χ3n) is 4.43. The fourth-order valence-corrected chi connectivity index (χ4v) is 2.86. The van der Waals surface area contributed by atoms with Gasteiger partial charge in [0, 0.05) is 25.7 Å². The van der Waals surface area contributed by atoms with Crippen molar-refractivity contribution in [2.75, 3.05) is 45.9 Å². The van der Waals surface area contributed by atoms with E-state index in [0.717, 1.165) is 51.9 Å². The molecule has 1 saturated heterocycles. The number of hydrogen-bond donors (Lipinski definition) is 2. The van der Waals surface area contributed by atoms with E-state index in [9.17, 15) is 4.79 Å². The molecule has 1 heterocycles. The SMILES string of the molecule is CCOC(=O)N1CCC(NC(N)=NCCCCN(CC)CC)CC1. The number of piperidine rings is 1. The molecule has 1 fully saturated rings. The predicted octanol–water partition coefficient (Wildman–Crippen LogP) is 1.63. The Balaban J connectivity index is 2.17. The van der Waals surface area contributed by atoms with Gasteiger partial charge in [-0.25, -0.2) is 4.79 Å². The maximum absolute atomic E-state index is 11.7. The quantitative estimate of drug-likeness (QED) is 0.378. The van der Waals surface area contributed by atoms with E-state index in [1.807, 2.05) is 6.92 Å². The van der Waals surface area contributed by atoms with Crippen molar-refractivity contribution in [2.24, 2.45) is 10.7 Å². The highest BCUT2D eigenvalue weighted by atomic mass is 16.6. The number of hydrogen-bond acceptors (Lipinski definition) is 4. The Bertz CT molecular complexity index is 377. The lowest BCUT2D eigenvalue weighted by atomic mass is 10.1. The van der Waals surface area contributed by atoms with Gasteiger partial charge in [0.05, 0.1) is 6.61 Å². The number of ether oxygens (including phenoxy) is 1. The van der Waals surface area contributed by atoms with Gasteiger partial charge in [-0.15, -0.1) is 0 Å². The van der Waals surface area contributed by atoms with Gasteiger partial charge in [0.2, 0.25) is 0 Å². The zero-order valence-electron chi connectivity index (χ0n) is 15.6. The number of aliphatic imine (C=N–C) groups is 1. The molecule has 0 saturated carbocycles. The van der Waals surface area contributed by atoms with Crippen LogP contribution in [0.5, 0.6) is 0 Å². The first kappa shape index (κ1) is 20.5. The molecule has 0 aromatic carbocycles. The van der Waals surface area contributed by atoms with E-state index in [-0.39, 0.29) is 12.1 Å². The van der Waals surface area contributed by atoms with E-state index in [4.69, 9.17) is 10.5 Å². The van der Waals surface area contributed by atoms with E-state index >= 15 is 0 Å². The Morgan fingerprint density at radius 1 is 1.25 bits per heavy atom. The van der Waals surface area contributed by atoms with Crippen molar-refractivity contribution in [1.82, 2.24) is 15.1 Å². The molecule has 0 bridgehead atoms. The standard InChI is InChI=1S/C17H35N5O2/c1-4-21(5-2)12-8-7-11-19-16(18)20-15-9-13-22(14-10-15)17(23)24-6-3/h15H,4-14H2,1-3H3,(H3,18,19,20). The number of guanidine groups is 1. The Morgan fingerprint density at radius 2 is 1.92 bits per heavy atom. The Hall–Kier alpha value is -1.50. The van der Waals surface area contributed by atoms with Crippen LogP contribution in [0.4, 0.5) is 4.79 Å². The summed E-state index contributed by atoms with van der Waals surface area (Å²) in [4.78, 5) is 20.2. The van der Waals surface area contributed by atoms with Crippen LogP contribution < -0.4 is 11.1 Å². The van der Waals surface area contributed by atoms with Gasteiger partial charge in [0.15, 0.2) is 5.96 Å². The summed E-state index contributed by atoms with van der Waals surface area (Å²) in [6, 6.07) is 0.287. The average Bonchev–Trinajstić information content (AvgIpc) is 2.59. The minimum absolute atomic E-state index is 0.217.